The molecule has 5 aliphatic carbocycles. The highest BCUT2D eigenvalue weighted by Gasteiger charge is 2.70. The largest absolute Gasteiger partial charge is 0.387 e. The van der Waals surface area contributed by atoms with E-state index >= 15 is 0 Å². The quantitative estimate of drug-likeness (QED) is 0.516. The average molecular weight is 493 g/mol. The first kappa shape index (κ1) is 25.7. The molecule has 5 nitrogen and oxygen atoms in total. The highest BCUT2D eigenvalue weighted by molar-refractivity contribution is 5.96. The van der Waals surface area contributed by atoms with Gasteiger partial charge in [0.05, 0.1) is 23.2 Å². The van der Waals surface area contributed by atoms with E-state index in [0.29, 0.717) is 5.57 Å². The van der Waals surface area contributed by atoms with Crippen molar-refractivity contribution in [3.63, 3.8) is 0 Å². The maximum absolute atomic E-state index is 14.3. The van der Waals surface area contributed by atoms with Crippen molar-refractivity contribution in [1.29, 1.82) is 5.26 Å². The zero-order chi connectivity index (χ0) is 26.5. The summed E-state index contributed by atoms with van der Waals surface area (Å²) in [6.07, 6.45) is 9.55. The molecule has 0 spiro atoms. The van der Waals surface area contributed by atoms with Crippen molar-refractivity contribution in [2.24, 2.45) is 50.7 Å². The molecule has 0 heterocycles. The minimum Gasteiger partial charge on any atom is -0.387 e. The second-order valence-corrected chi connectivity index (χ2v) is 14.3. The Morgan fingerprint density at radius 3 is 2.39 bits per heavy atom. The molecule has 0 aromatic heterocycles. The summed E-state index contributed by atoms with van der Waals surface area (Å²) >= 11 is 0. The summed E-state index contributed by atoms with van der Waals surface area (Å²) in [4.78, 5) is 27.8. The number of aliphatic hydroxyl groups excluding tert-OH is 1. The molecular formula is C31H44N2O3. The van der Waals surface area contributed by atoms with Crippen LogP contribution in [0.5, 0.6) is 0 Å². The molecule has 5 heteroatoms. The molecular weight excluding hydrogens is 448 g/mol. The Hall–Kier alpha value is -1.93. The fourth-order valence-corrected chi connectivity index (χ4v) is 10.1. The van der Waals surface area contributed by atoms with E-state index in [0.717, 1.165) is 50.5 Å². The number of ketones is 1. The van der Waals surface area contributed by atoms with E-state index in [1.165, 1.54) is 0 Å². The third kappa shape index (κ3) is 3.03. The van der Waals surface area contributed by atoms with Gasteiger partial charge in [-0.25, -0.2) is 0 Å². The molecule has 3 fully saturated rings. The van der Waals surface area contributed by atoms with Gasteiger partial charge >= 0.3 is 0 Å². The van der Waals surface area contributed by atoms with Gasteiger partial charge in [-0.3, -0.25) is 9.59 Å². The third-order valence-corrected chi connectivity index (χ3v) is 12.4. The summed E-state index contributed by atoms with van der Waals surface area (Å²) in [7, 11) is 1.74. The summed E-state index contributed by atoms with van der Waals surface area (Å²) in [5, 5.41) is 23.6. The molecule has 9 atom stereocenters. The fraction of sp³-hybridized carbons (Fsp3) is 0.774. The van der Waals surface area contributed by atoms with Crippen LogP contribution < -0.4 is 5.32 Å². The number of rotatable bonds is 1. The number of nitriles is 1. The number of fused-ring (bicyclic) bond motifs is 7. The third-order valence-electron chi connectivity index (χ3n) is 12.4. The molecule has 0 aromatic carbocycles. The van der Waals surface area contributed by atoms with Gasteiger partial charge in [-0.05, 0) is 85.0 Å². The van der Waals surface area contributed by atoms with Gasteiger partial charge in [0.15, 0.2) is 5.78 Å². The summed E-state index contributed by atoms with van der Waals surface area (Å²) < 4.78 is 0. The van der Waals surface area contributed by atoms with Crippen LogP contribution in [-0.4, -0.2) is 29.9 Å². The topological polar surface area (TPSA) is 90.2 Å². The number of nitrogens with zero attached hydrogens (tertiary/aromatic N) is 1. The summed E-state index contributed by atoms with van der Waals surface area (Å²) in [5.74, 6) is 0.303. The SMILES string of the molecule is CNC(=O)[C@]12CCC(C)(C)CC1C1C(=O)C=C3[C@@]4(C)C=C(C#N)C(O)[C@@H](C)[C@@H]4CC[C@@]3(C)[C@]1(C)CC2. The van der Waals surface area contributed by atoms with Crippen molar-refractivity contribution in [1.82, 2.24) is 5.32 Å². The van der Waals surface area contributed by atoms with Gasteiger partial charge in [-0.15, -0.1) is 0 Å². The number of hydrogen-bond acceptors (Lipinski definition) is 4. The predicted octanol–water partition coefficient (Wildman–Crippen LogP) is 5.35. The second-order valence-electron chi connectivity index (χ2n) is 14.3. The molecule has 0 aliphatic heterocycles. The highest BCUT2D eigenvalue weighted by Crippen LogP contribution is 2.73. The van der Waals surface area contributed by atoms with Crippen LogP contribution in [0, 0.1) is 62.1 Å². The number of carbonyl (C=O) groups is 2. The van der Waals surface area contributed by atoms with Crippen LogP contribution in [0.4, 0.5) is 0 Å². The molecule has 1 amide bonds. The molecule has 0 radical (unpaired) electrons. The van der Waals surface area contributed by atoms with Crippen LogP contribution in [0.25, 0.3) is 0 Å². The first-order chi connectivity index (χ1) is 16.7. The average Bonchev–Trinajstić information content (AvgIpc) is 2.82. The molecule has 36 heavy (non-hydrogen) atoms. The highest BCUT2D eigenvalue weighted by atomic mass is 16.3. The van der Waals surface area contributed by atoms with Crippen molar-refractivity contribution in [3.05, 3.63) is 23.3 Å². The maximum atomic E-state index is 14.3. The Labute approximate surface area is 216 Å². The van der Waals surface area contributed by atoms with E-state index in [1.807, 2.05) is 12.2 Å². The minimum atomic E-state index is -0.743. The minimum absolute atomic E-state index is 0.0323. The van der Waals surface area contributed by atoms with Crippen LogP contribution in [0.15, 0.2) is 23.3 Å². The Bertz CT molecular complexity index is 1110. The zero-order valence-corrected chi connectivity index (χ0v) is 23.2. The summed E-state index contributed by atoms with van der Waals surface area (Å²) in [6, 6.07) is 2.25. The van der Waals surface area contributed by atoms with Crippen LogP contribution in [-0.2, 0) is 9.59 Å². The first-order valence-corrected chi connectivity index (χ1v) is 14.0. The van der Waals surface area contributed by atoms with E-state index in [-0.39, 0.29) is 51.6 Å². The maximum Gasteiger partial charge on any atom is 0.226 e. The van der Waals surface area contributed by atoms with Crippen LogP contribution >= 0.6 is 0 Å². The lowest BCUT2D eigenvalue weighted by Crippen LogP contribution is -2.66. The molecule has 0 bridgehead atoms. The molecule has 5 rings (SSSR count). The first-order valence-electron chi connectivity index (χ1n) is 14.0. The fourth-order valence-electron chi connectivity index (χ4n) is 10.1. The van der Waals surface area contributed by atoms with Gasteiger partial charge < -0.3 is 10.4 Å². The standard InChI is InChI=1S/C31H44N2O3/c1-18-20-8-9-29(5)23(28(20,4)15-19(17-32)25(18)35)14-22(34)24-21-16-27(2,3)10-12-31(21,26(36)33-7)13-11-30(24,29)6/h14-15,18,20-21,24-25,35H,8-13,16H2,1-7H3,(H,33,36)/t18-,20-,21?,24?,25?,28-,29+,30+,31-/m0/s1. The molecule has 0 saturated heterocycles. The molecule has 2 N–H and O–H groups in total. The zero-order valence-electron chi connectivity index (χ0n) is 23.2. The summed E-state index contributed by atoms with van der Waals surface area (Å²) in [5.41, 5.74) is 0.344. The van der Waals surface area contributed by atoms with Gasteiger partial charge in [0.1, 0.15) is 0 Å². The number of amides is 1. The van der Waals surface area contributed by atoms with Gasteiger partial charge in [0.2, 0.25) is 5.91 Å². The number of allylic oxidation sites excluding steroid dienone is 3. The van der Waals surface area contributed by atoms with Crippen molar-refractivity contribution < 1.29 is 14.7 Å². The van der Waals surface area contributed by atoms with Crippen molar-refractivity contribution >= 4 is 11.7 Å². The lowest BCUT2D eigenvalue weighted by molar-refractivity contribution is -0.177. The van der Waals surface area contributed by atoms with Crippen molar-refractivity contribution in [3.8, 4) is 6.07 Å². The van der Waals surface area contributed by atoms with Crippen molar-refractivity contribution in [2.75, 3.05) is 7.05 Å². The molecule has 3 unspecified atom stereocenters. The normalized spacial score (nSPS) is 49.2. The van der Waals surface area contributed by atoms with E-state index in [9.17, 15) is 20.0 Å². The molecule has 196 valence electrons. The Morgan fingerprint density at radius 2 is 1.75 bits per heavy atom. The Kier molecular flexibility index (Phi) is 5.56. The molecule has 3 saturated carbocycles. The van der Waals surface area contributed by atoms with Gasteiger partial charge in [-0.1, -0.05) is 53.2 Å². The predicted molar refractivity (Wildman–Crippen MR) is 139 cm³/mol. The van der Waals surface area contributed by atoms with Crippen molar-refractivity contribution in [2.45, 2.75) is 92.6 Å². The van der Waals surface area contributed by atoms with Crippen LogP contribution in [0.1, 0.15) is 86.5 Å². The van der Waals surface area contributed by atoms with Crippen LogP contribution in [0.3, 0.4) is 0 Å². The molecule has 0 aromatic rings. The van der Waals surface area contributed by atoms with E-state index in [4.69, 9.17) is 0 Å². The van der Waals surface area contributed by atoms with Gasteiger partial charge in [-0.2, -0.15) is 5.26 Å². The van der Waals surface area contributed by atoms with Gasteiger partial charge in [0, 0.05) is 18.4 Å². The molecule has 5 aliphatic rings. The number of carbonyl (C=O) groups excluding carboxylic acids is 2. The summed E-state index contributed by atoms with van der Waals surface area (Å²) in [6.45, 7) is 13.5. The lowest BCUT2D eigenvalue weighted by Gasteiger charge is -2.68. The van der Waals surface area contributed by atoms with E-state index in [1.54, 1.807) is 7.05 Å². The lowest BCUT2D eigenvalue weighted by atomic mass is 9.34. The Balaban J connectivity index is 1.68. The van der Waals surface area contributed by atoms with Crippen LogP contribution in [0.2, 0.25) is 0 Å². The van der Waals surface area contributed by atoms with E-state index in [2.05, 4.69) is 52.9 Å². The number of nitrogens with one attached hydrogen (secondary N) is 1. The Morgan fingerprint density at radius 1 is 1.08 bits per heavy atom. The number of hydrogen-bond donors (Lipinski definition) is 2. The second kappa shape index (κ2) is 7.79. The monoisotopic (exact) mass is 492 g/mol. The van der Waals surface area contributed by atoms with E-state index < -0.39 is 16.9 Å². The smallest absolute Gasteiger partial charge is 0.226 e. The number of aliphatic hydroxyl groups is 1. The van der Waals surface area contributed by atoms with Gasteiger partial charge in [0.25, 0.3) is 0 Å².